The Morgan fingerprint density at radius 2 is 2.00 bits per heavy atom. The maximum atomic E-state index is 12.8. The number of anilines is 1. The van der Waals surface area contributed by atoms with Crippen LogP contribution in [-0.4, -0.2) is 34.4 Å². The molecule has 158 valence electrons. The third kappa shape index (κ3) is 5.26. The lowest BCUT2D eigenvalue weighted by atomic mass is 9.96. The van der Waals surface area contributed by atoms with E-state index in [1.165, 1.54) is 0 Å². The van der Waals surface area contributed by atoms with E-state index < -0.39 is 22.4 Å². The largest absolute Gasteiger partial charge is 0.444 e. The molecule has 0 bridgehead atoms. The van der Waals surface area contributed by atoms with Crippen LogP contribution in [0.1, 0.15) is 35.7 Å². The normalized spacial score (nSPS) is 16.2. The predicted molar refractivity (Wildman–Crippen MR) is 101 cm³/mol. The summed E-state index contributed by atoms with van der Waals surface area (Å²) in [6.45, 7) is 6.56. The minimum absolute atomic E-state index is 0.108. The number of alkyl halides is 3. The minimum Gasteiger partial charge on any atom is -0.444 e. The second kappa shape index (κ2) is 8.40. The van der Waals surface area contributed by atoms with E-state index in [9.17, 15) is 23.3 Å². The maximum absolute atomic E-state index is 12.8. The van der Waals surface area contributed by atoms with E-state index in [1.807, 2.05) is 13.8 Å². The van der Waals surface area contributed by atoms with E-state index in [-0.39, 0.29) is 11.6 Å². The number of hydrogen-bond acceptors (Lipinski definition) is 6. The average Bonchev–Trinajstić information content (AvgIpc) is 2.97. The third-order valence-corrected chi connectivity index (χ3v) is 5.24. The Balaban J connectivity index is 1.54. The molecule has 29 heavy (non-hydrogen) atoms. The summed E-state index contributed by atoms with van der Waals surface area (Å²) < 4.78 is 44.0. The standard InChI is InChI=1S/C19H23F3N4O3/c1-12-13(2)29-18(24-12)11-25-7-5-14(6-8-25)10-23-16-4-3-15(19(20,21)22)9-17(16)26(27)28/h3-4,9,14,23H,5-8,10-11H2,1-2H3. The molecule has 1 aromatic heterocycles. The topological polar surface area (TPSA) is 84.4 Å². The van der Waals surface area contributed by atoms with Crippen molar-refractivity contribution in [1.29, 1.82) is 0 Å². The zero-order valence-electron chi connectivity index (χ0n) is 16.3. The molecule has 0 aliphatic carbocycles. The van der Waals surface area contributed by atoms with Crippen LogP contribution in [0.4, 0.5) is 24.5 Å². The highest BCUT2D eigenvalue weighted by Crippen LogP contribution is 2.35. The molecule has 0 unspecified atom stereocenters. The first-order chi connectivity index (χ1) is 13.6. The molecule has 0 spiro atoms. The van der Waals surface area contributed by atoms with Crippen molar-refractivity contribution in [1.82, 2.24) is 9.88 Å². The minimum atomic E-state index is -4.62. The summed E-state index contributed by atoms with van der Waals surface area (Å²) in [5.74, 6) is 1.79. The molecule has 0 saturated carbocycles. The van der Waals surface area contributed by atoms with Crippen LogP contribution in [0.5, 0.6) is 0 Å². The van der Waals surface area contributed by atoms with Gasteiger partial charge in [-0.3, -0.25) is 15.0 Å². The number of oxazole rings is 1. The first-order valence-corrected chi connectivity index (χ1v) is 9.38. The summed E-state index contributed by atoms with van der Waals surface area (Å²) in [7, 11) is 0. The fraction of sp³-hybridized carbons (Fsp3) is 0.526. The maximum Gasteiger partial charge on any atom is 0.416 e. The summed E-state index contributed by atoms with van der Waals surface area (Å²) in [4.78, 5) is 17.0. The van der Waals surface area contributed by atoms with Gasteiger partial charge in [-0.15, -0.1) is 0 Å². The first-order valence-electron chi connectivity index (χ1n) is 9.38. The summed E-state index contributed by atoms with van der Waals surface area (Å²) in [6.07, 6.45) is -2.86. The summed E-state index contributed by atoms with van der Waals surface area (Å²) in [5, 5.41) is 14.1. The molecule has 1 saturated heterocycles. The number of aryl methyl sites for hydroxylation is 2. The number of likely N-dealkylation sites (tertiary alicyclic amines) is 1. The number of halogens is 3. The molecular weight excluding hydrogens is 389 g/mol. The Kier molecular flexibility index (Phi) is 6.11. The van der Waals surface area contributed by atoms with E-state index in [1.54, 1.807) is 0 Å². The number of benzene rings is 1. The van der Waals surface area contributed by atoms with Gasteiger partial charge in [-0.05, 0) is 57.8 Å². The molecule has 0 radical (unpaired) electrons. The highest BCUT2D eigenvalue weighted by atomic mass is 19.4. The van der Waals surface area contributed by atoms with Gasteiger partial charge >= 0.3 is 6.18 Å². The van der Waals surface area contributed by atoms with Crippen molar-refractivity contribution < 1.29 is 22.5 Å². The predicted octanol–water partition coefficient (Wildman–Crippen LogP) is 4.54. The van der Waals surface area contributed by atoms with Crippen molar-refractivity contribution in [3.63, 3.8) is 0 Å². The number of rotatable bonds is 6. The van der Waals surface area contributed by atoms with Crippen LogP contribution in [0.25, 0.3) is 0 Å². The quantitative estimate of drug-likeness (QED) is 0.554. The summed E-state index contributed by atoms with van der Waals surface area (Å²) in [5.41, 5.74) is -0.597. The first kappa shape index (κ1) is 21.1. The third-order valence-electron chi connectivity index (χ3n) is 5.24. The highest BCUT2D eigenvalue weighted by Gasteiger charge is 2.33. The fourth-order valence-corrected chi connectivity index (χ4v) is 3.41. The Bertz CT molecular complexity index is 855. The van der Waals surface area contributed by atoms with Crippen molar-refractivity contribution in [3.05, 3.63) is 51.2 Å². The van der Waals surface area contributed by atoms with Gasteiger partial charge in [-0.25, -0.2) is 4.98 Å². The Labute approximate surface area is 166 Å². The molecular formula is C19H23F3N4O3. The number of nitrogens with one attached hydrogen (secondary N) is 1. The lowest BCUT2D eigenvalue weighted by molar-refractivity contribution is -0.384. The van der Waals surface area contributed by atoms with Crippen LogP contribution in [0.3, 0.4) is 0 Å². The summed E-state index contributed by atoms with van der Waals surface area (Å²) in [6, 6.07) is 2.56. The van der Waals surface area contributed by atoms with Gasteiger partial charge in [-0.1, -0.05) is 0 Å². The number of hydrogen-bond donors (Lipinski definition) is 1. The monoisotopic (exact) mass is 412 g/mol. The van der Waals surface area contributed by atoms with Crippen LogP contribution < -0.4 is 5.32 Å². The van der Waals surface area contributed by atoms with E-state index >= 15 is 0 Å². The van der Waals surface area contributed by atoms with Crippen LogP contribution in [-0.2, 0) is 12.7 Å². The van der Waals surface area contributed by atoms with Crippen molar-refractivity contribution in [3.8, 4) is 0 Å². The number of piperidine rings is 1. The molecule has 1 aliphatic heterocycles. The van der Waals surface area contributed by atoms with E-state index in [4.69, 9.17) is 4.42 Å². The van der Waals surface area contributed by atoms with E-state index in [0.29, 0.717) is 25.0 Å². The van der Waals surface area contributed by atoms with Crippen LogP contribution in [0, 0.1) is 29.9 Å². The second-order valence-electron chi connectivity index (χ2n) is 7.34. The van der Waals surface area contributed by atoms with Gasteiger partial charge in [0.2, 0.25) is 5.89 Å². The molecule has 2 aromatic rings. The zero-order valence-corrected chi connectivity index (χ0v) is 16.3. The molecule has 1 aliphatic rings. The number of nitro groups is 1. The smallest absolute Gasteiger partial charge is 0.416 e. The SMILES string of the molecule is Cc1nc(CN2CCC(CNc3ccc(C(F)(F)F)cc3[N+](=O)[O-])CC2)oc1C. The van der Waals surface area contributed by atoms with Gasteiger partial charge in [0.1, 0.15) is 11.4 Å². The van der Waals surface area contributed by atoms with Crippen LogP contribution >= 0.6 is 0 Å². The number of nitrogens with zero attached hydrogens (tertiary/aromatic N) is 3. The second-order valence-corrected chi connectivity index (χ2v) is 7.34. The Morgan fingerprint density at radius 3 is 2.55 bits per heavy atom. The van der Waals surface area contributed by atoms with Crippen molar-refractivity contribution in [2.75, 3.05) is 25.0 Å². The summed E-state index contributed by atoms with van der Waals surface area (Å²) >= 11 is 0. The molecule has 2 heterocycles. The lowest BCUT2D eigenvalue weighted by Gasteiger charge is -2.31. The Morgan fingerprint density at radius 1 is 1.31 bits per heavy atom. The zero-order chi connectivity index (χ0) is 21.2. The van der Waals surface area contributed by atoms with E-state index in [0.717, 1.165) is 49.5 Å². The Hall–Kier alpha value is -2.62. The lowest BCUT2D eigenvalue weighted by Crippen LogP contribution is -2.35. The number of aromatic nitrogens is 1. The average molecular weight is 412 g/mol. The van der Waals surface area contributed by atoms with Gasteiger partial charge in [0.05, 0.1) is 22.7 Å². The number of nitro benzene ring substituents is 1. The fourth-order valence-electron chi connectivity index (χ4n) is 3.41. The highest BCUT2D eigenvalue weighted by molar-refractivity contribution is 5.63. The van der Waals surface area contributed by atoms with Crippen molar-refractivity contribution in [2.45, 2.75) is 39.4 Å². The van der Waals surface area contributed by atoms with Gasteiger partial charge < -0.3 is 9.73 Å². The molecule has 7 nitrogen and oxygen atoms in total. The molecule has 0 amide bonds. The van der Waals surface area contributed by atoms with Gasteiger partial charge in [0, 0.05) is 12.6 Å². The molecule has 10 heteroatoms. The van der Waals surface area contributed by atoms with Crippen molar-refractivity contribution in [2.24, 2.45) is 5.92 Å². The van der Waals surface area contributed by atoms with Crippen LogP contribution in [0.2, 0.25) is 0 Å². The van der Waals surface area contributed by atoms with Gasteiger partial charge in [0.15, 0.2) is 0 Å². The molecule has 0 atom stereocenters. The molecule has 3 rings (SSSR count). The van der Waals surface area contributed by atoms with Gasteiger partial charge in [-0.2, -0.15) is 13.2 Å². The van der Waals surface area contributed by atoms with Crippen LogP contribution in [0.15, 0.2) is 22.6 Å². The molecule has 1 N–H and O–H groups in total. The molecule has 1 aromatic carbocycles. The molecule has 1 fully saturated rings. The van der Waals surface area contributed by atoms with Gasteiger partial charge in [0.25, 0.3) is 5.69 Å². The van der Waals surface area contributed by atoms with Crippen molar-refractivity contribution >= 4 is 11.4 Å². The van der Waals surface area contributed by atoms with E-state index in [2.05, 4.69) is 15.2 Å².